The predicted molar refractivity (Wildman–Crippen MR) is 258 cm³/mol. The van der Waals surface area contributed by atoms with Gasteiger partial charge in [0.05, 0.1) is 123 Å². The molecule has 0 spiro atoms. The van der Waals surface area contributed by atoms with Crippen LogP contribution in [0, 0.1) is 29.1 Å². The van der Waals surface area contributed by atoms with Crippen LogP contribution in [0.4, 0.5) is 22.0 Å². The topological polar surface area (TPSA) is 298 Å². The van der Waals surface area contributed by atoms with Gasteiger partial charge in [0, 0.05) is 18.7 Å². The number of rotatable bonds is 35. The number of esters is 1. The van der Waals surface area contributed by atoms with E-state index in [1.54, 1.807) is 23.0 Å². The number of nitrogens with zero attached hydrogens (tertiary/aromatic N) is 3. The molecule has 6 atom stereocenters. The molecule has 1 aromatic heterocycles. The number of aromatic nitrogens is 3. The molecule has 424 valence electrons. The Morgan fingerprint density at radius 1 is 0.753 bits per heavy atom. The molecule has 0 radical (unpaired) electrons. The maximum Gasteiger partial charge on any atom is 0.346 e. The minimum absolute atomic E-state index is 0.0111. The number of carbonyl (C=O) groups is 4. The Labute approximate surface area is 442 Å². The third-order valence-electron chi connectivity index (χ3n) is 11.2. The van der Waals surface area contributed by atoms with E-state index < -0.39 is 120 Å². The van der Waals surface area contributed by atoms with Gasteiger partial charge in [0.1, 0.15) is 24.5 Å². The van der Waals surface area contributed by atoms with E-state index >= 15 is 0 Å². The van der Waals surface area contributed by atoms with Gasteiger partial charge < -0.3 is 74.1 Å². The molecule has 4 aromatic rings. The number of carbonyl (C=O) groups excluding carboxylic acids is 3. The Hall–Kier alpha value is -5.76. The first-order valence-corrected chi connectivity index (χ1v) is 25.0. The zero-order valence-corrected chi connectivity index (χ0v) is 42.2. The lowest BCUT2D eigenvalue weighted by atomic mass is 9.89. The Morgan fingerprint density at radius 2 is 1.32 bits per heavy atom. The molecule has 0 saturated carbocycles. The molecule has 2 heterocycles. The number of hydrogen-bond donors (Lipinski definition) is 7. The molecule has 22 nitrogen and oxygen atoms in total. The van der Waals surface area contributed by atoms with Gasteiger partial charge in [-0.2, -0.15) is 8.78 Å². The fourth-order valence-corrected chi connectivity index (χ4v) is 8.41. The lowest BCUT2D eigenvalue weighted by molar-refractivity contribution is -0.203. The standard InChI is InChI=1S/C49H60F5N5O17S/c50-39-40(51)42(53)46(43(54)41(39)52)75-38(65)10-12-69-14-16-71-18-19-72-17-15-70-13-11-59-27-33(57-58-59)29-74-21-20-73-22-23-77-49(48(67)68)25-34(61)44(56-37(64)28-60)47(76-49)45(66)35(62)26-55-36(63)24-30-6-8-32(9-7-30)31-4-2-1-3-5-31/h1-9,27,34-35,44-45,47,60-62,66H,10-26,28-29H2,(H,55,63)(H,56,64)(H,67,68)/t34-,35+,44+,45+,47+,49-/m1/s1. The highest BCUT2D eigenvalue weighted by atomic mass is 32.2. The minimum atomic E-state index is -2.38. The predicted octanol–water partition coefficient (Wildman–Crippen LogP) is 1.46. The minimum Gasteiger partial charge on any atom is -0.478 e. The largest absolute Gasteiger partial charge is 0.478 e. The van der Waals surface area contributed by atoms with Crippen LogP contribution in [0.1, 0.15) is 24.1 Å². The van der Waals surface area contributed by atoms with Crippen LogP contribution in [0.15, 0.2) is 60.8 Å². The smallest absolute Gasteiger partial charge is 0.346 e. The van der Waals surface area contributed by atoms with Gasteiger partial charge in [0.15, 0.2) is 0 Å². The Bertz CT molecular complexity index is 2460. The summed E-state index contributed by atoms with van der Waals surface area (Å²) in [7, 11) is 0. The third-order valence-corrected chi connectivity index (χ3v) is 12.5. The van der Waals surface area contributed by atoms with E-state index in [0.29, 0.717) is 24.4 Å². The number of nitrogens with one attached hydrogen (secondary N) is 2. The number of aliphatic hydroxyl groups is 4. The van der Waals surface area contributed by atoms with Crippen molar-refractivity contribution in [2.24, 2.45) is 0 Å². The molecule has 1 fully saturated rings. The van der Waals surface area contributed by atoms with Gasteiger partial charge in [-0.3, -0.25) is 14.4 Å². The average Bonchev–Trinajstić information content (AvgIpc) is 3.90. The third kappa shape index (κ3) is 19.6. The second-order valence-electron chi connectivity index (χ2n) is 16.8. The molecule has 5 rings (SSSR count). The first kappa shape index (κ1) is 62.1. The number of aliphatic hydroxyl groups excluding tert-OH is 4. The number of ether oxygens (including phenoxy) is 8. The van der Waals surface area contributed by atoms with Crippen molar-refractivity contribution in [1.82, 2.24) is 25.6 Å². The monoisotopic (exact) mass is 1120 g/mol. The van der Waals surface area contributed by atoms with E-state index in [4.69, 9.17) is 33.2 Å². The quantitative estimate of drug-likeness (QED) is 0.00857. The number of amides is 2. The van der Waals surface area contributed by atoms with Gasteiger partial charge in [-0.05, 0) is 16.7 Å². The van der Waals surface area contributed by atoms with Crippen LogP contribution in [0.3, 0.4) is 0 Å². The summed E-state index contributed by atoms with van der Waals surface area (Å²) >= 11 is 0.756. The van der Waals surface area contributed by atoms with E-state index in [1.807, 2.05) is 42.5 Å². The van der Waals surface area contributed by atoms with Crippen LogP contribution in [-0.2, 0) is 71.9 Å². The van der Waals surface area contributed by atoms with Gasteiger partial charge in [-0.15, -0.1) is 16.9 Å². The Balaban J connectivity index is 0.899. The average molecular weight is 1120 g/mol. The van der Waals surface area contributed by atoms with Crippen molar-refractivity contribution < 1.29 is 105 Å². The second-order valence-corrected chi connectivity index (χ2v) is 18.2. The zero-order valence-electron chi connectivity index (χ0n) is 41.4. The van der Waals surface area contributed by atoms with E-state index in [9.17, 15) is 66.7 Å². The molecule has 1 aliphatic rings. The zero-order chi connectivity index (χ0) is 55.7. The van der Waals surface area contributed by atoms with E-state index in [1.165, 1.54) is 0 Å². The number of benzene rings is 3. The summed E-state index contributed by atoms with van der Waals surface area (Å²) in [5.41, 5.74) is 3.17. The summed E-state index contributed by atoms with van der Waals surface area (Å²) in [5.74, 6) is -17.3. The maximum atomic E-state index is 13.6. The number of thioether (sulfide) groups is 1. The number of aliphatic carboxylic acids is 1. The summed E-state index contributed by atoms with van der Waals surface area (Å²) in [6, 6.07) is 15.5. The van der Waals surface area contributed by atoms with Crippen LogP contribution in [0.5, 0.6) is 5.75 Å². The van der Waals surface area contributed by atoms with Gasteiger partial charge >= 0.3 is 11.9 Å². The van der Waals surface area contributed by atoms with Crippen molar-refractivity contribution in [2.45, 2.75) is 67.8 Å². The van der Waals surface area contributed by atoms with E-state index in [0.717, 1.165) is 22.9 Å². The lowest BCUT2D eigenvalue weighted by Crippen LogP contribution is -2.67. The van der Waals surface area contributed by atoms with Gasteiger partial charge in [0.25, 0.3) is 0 Å². The van der Waals surface area contributed by atoms with Crippen LogP contribution in [0.2, 0.25) is 0 Å². The van der Waals surface area contributed by atoms with Crippen molar-refractivity contribution >= 4 is 35.5 Å². The highest BCUT2D eigenvalue weighted by Crippen LogP contribution is 2.40. The molecule has 2 amide bonds. The van der Waals surface area contributed by atoms with Crippen molar-refractivity contribution in [3.8, 4) is 16.9 Å². The molecule has 1 aliphatic heterocycles. The highest BCUT2D eigenvalue weighted by Gasteiger charge is 2.55. The number of carboxylic acid groups (broad SMARTS) is 1. The number of halogens is 5. The Morgan fingerprint density at radius 3 is 1.95 bits per heavy atom. The molecule has 1 saturated heterocycles. The summed E-state index contributed by atoms with van der Waals surface area (Å²) < 4.78 is 111. The lowest BCUT2D eigenvalue weighted by Gasteiger charge is -2.46. The van der Waals surface area contributed by atoms with Gasteiger partial charge in [-0.1, -0.05) is 59.8 Å². The van der Waals surface area contributed by atoms with Crippen LogP contribution >= 0.6 is 11.8 Å². The molecule has 28 heteroatoms. The van der Waals surface area contributed by atoms with Gasteiger partial charge in [0.2, 0.25) is 51.6 Å². The SMILES string of the molecule is O=C(Cc1ccc(-c2ccccc2)cc1)NC[C@H](O)[C@H](O)[C@H]1O[C@](SCCOCCOCc2cn(CCOCCOCCOCCOCCC(=O)Oc3c(F)c(F)c(F)c(F)c3F)nn2)(C(=O)O)C[C@@H](O)[C@@H]1NC(=O)CO. The van der Waals surface area contributed by atoms with E-state index in [2.05, 4.69) is 25.7 Å². The maximum absolute atomic E-state index is 13.6. The summed E-state index contributed by atoms with van der Waals surface area (Å²) in [4.78, 5) is 47.3. The highest BCUT2D eigenvalue weighted by molar-refractivity contribution is 8.01. The number of hydrogen-bond acceptors (Lipinski definition) is 19. The molecular formula is C49H60F5N5O17S. The fraction of sp³-hybridized carbons (Fsp3) is 0.510. The molecule has 0 bridgehead atoms. The fourth-order valence-electron chi connectivity index (χ4n) is 7.29. The Kier molecular flexibility index (Phi) is 26.0. The molecule has 3 aromatic carbocycles. The van der Waals surface area contributed by atoms with Crippen LogP contribution in [-0.4, -0.2) is 191 Å². The van der Waals surface area contributed by atoms with Crippen LogP contribution in [0.25, 0.3) is 11.1 Å². The van der Waals surface area contributed by atoms with Crippen molar-refractivity contribution in [1.29, 1.82) is 0 Å². The summed E-state index contributed by atoms with van der Waals surface area (Å²) in [6.45, 7) is 0.388. The van der Waals surface area contributed by atoms with Crippen LogP contribution < -0.4 is 15.4 Å². The summed E-state index contributed by atoms with van der Waals surface area (Å²) in [6.07, 6.45) is -6.47. The van der Waals surface area contributed by atoms with Crippen molar-refractivity contribution in [3.05, 3.63) is 101 Å². The van der Waals surface area contributed by atoms with Crippen molar-refractivity contribution in [3.63, 3.8) is 0 Å². The molecule has 0 aliphatic carbocycles. The molecule has 77 heavy (non-hydrogen) atoms. The first-order valence-electron chi connectivity index (χ1n) is 24.0. The molecule has 7 N–H and O–H groups in total. The molecular weight excluding hydrogens is 1060 g/mol. The first-order chi connectivity index (χ1) is 37.0. The summed E-state index contributed by atoms with van der Waals surface area (Å²) in [5, 5.41) is 66.0. The van der Waals surface area contributed by atoms with Gasteiger partial charge in [-0.25, -0.2) is 22.6 Å². The molecule has 0 unspecified atom stereocenters. The van der Waals surface area contributed by atoms with Crippen molar-refractivity contribution in [2.75, 3.05) is 91.6 Å². The second kappa shape index (κ2) is 32.2. The van der Waals surface area contributed by atoms with E-state index in [-0.39, 0.29) is 84.8 Å². The number of carboxylic acids is 1. The normalized spacial score (nSPS) is 18.2.